The van der Waals surface area contributed by atoms with E-state index in [9.17, 15) is 9.59 Å². The number of ether oxygens (including phenoxy) is 1. The van der Waals surface area contributed by atoms with E-state index in [-0.39, 0.29) is 18.4 Å². The quantitative estimate of drug-likeness (QED) is 0.673. The minimum absolute atomic E-state index is 0.0265. The fourth-order valence-corrected chi connectivity index (χ4v) is 4.02. The molecule has 0 aliphatic carbocycles. The molecule has 0 spiro atoms. The van der Waals surface area contributed by atoms with Gasteiger partial charge in [-0.05, 0) is 24.1 Å². The lowest BCUT2D eigenvalue weighted by Crippen LogP contribution is -2.28. The van der Waals surface area contributed by atoms with Gasteiger partial charge in [-0.2, -0.15) is 16.9 Å². The van der Waals surface area contributed by atoms with E-state index in [2.05, 4.69) is 22.7 Å². The molecule has 8 heteroatoms. The number of amides is 2. The second-order valence-electron chi connectivity index (χ2n) is 6.70. The van der Waals surface area contributed by atoms with Crippen molar-refractivity contribution in [2.24, 2.45) is 0 Å². The standard InChI is InChI=1S/C20H26N4O3S/c1-3-4-5-18(25)22-20-16-12-28-13-17(16)23-24(20)11-19(26)21-10-14-6-8-15(27-2)9-7-14/h6-9H,3-5,10-13H2,1-2H3,(H,21,26)(H,22,25). The van der Waals surface area contributed by atoms with Gasteiger partial charge >= 0.3 is 0 Å². The van der Waals surface area contributed by atoms with Crippen molar-refractivity contribution >= 4 is 29.4 Å². The number of nitrogens with zero attached hydrogens (tertiary/aromatic N) is 2. The fraction of sp³-hybridized carbons (Fsp3) is 0.450. The molecule has 1 aromatic heterocycles. The van der Waals surface area contributed by atoms with Gasteiger partial charge in [0.2, 0.25) is 11.8 Å². The van der Waals surface area contributed by atoms with Crippen molar-refractivity contribution in [3.8, 4) is 5.75 Å². The topological polar surface area (TPSA) is 85.2 Å². The molecule has 0 radical (unpaired) electrons. The van der Waals surface area contributed by atoms with Gasteiger partial charge in [-0.1, -0.05) is 25.5 Å². The lowest BCUT2D eigenvalue weighted by molar-refractivity contribution is -0.122. The maximum Gasteiger partial charge on any atom is 0.242 e. The van der Waals surface area contributed by atoms with Gasteiger partial charge in [-0.15, -0.1) is 0 Å². The number of benzene rings is 1. The summed E-state index contributed by atoms with van der Waals surface area (Å²) >= 11 is 1.77. The Labute approximate surface area is 169 Å². The highest BCUT2D eigenvalue weighted by Gasteiger charge is 2.24. The van der Waals surface area contributed by atoms with Crippen LogP contribution in [0.2, 0.25) is 0 Å². The second-order valence-corrected chi connectivity index (χ2v) is 7.69. The zero-order valence-corrected chi connectivity index (χ0v) is 17.1. The summed E-state index contributed by atoms with van der Waals surface area (Å²) in [4.78, 5) is 24.6. The number of hydrogen-bond donors (Lipinski definition) is 2. The summed E-state index contributed by atoms with van der Waals surface area (Å²) < 4.78 is 6.76. The highest BCUT2D eigenvalue weighted by molar-refractivity contribution is 7.98. The molecule has 0 atom stereocenters. The van der Waals surface area contributed by atoms with E-state index in [0.29, 0.717) is 18.8 Å². The molecule has 1 aliphatic heterocycles. The Kier molecular flexibility index (Phi) is 6.97. The summed E-state index contributed by atoms with van der Waals surface area (Å²) in [6, 6.07) is 7.55. The van der Waals surface area contributed by atoms with Crippen LogP contribution < -0.4 is 15.4 Å². The predicted octanol–water partition coefficient (Wildman–Crippen LogP) is 3.08. The van der Waals surface area contributed by atoms with Crippen molar-refractivity contribution in [3.63, 3.8) is 0 Å². The molecule has 2 aromatic rings. The number of aromatic nitrogens is 2. The van der Waals surface area contributed by atoms with E-state index in [0.717, 1.165) is 46.9 Å². The van der Waals surface area contributed by atoms with Gasteiger partial charge in [0.05, 0.1) is 12.8 Å². The fourth-order valence-electron chi connectivity index (χ4n) is 2.99. The highest BCUT2D eigenvalue weighted by Crippen LogP contribution is 2.34. The molecule has 0 saturated heterocycles. The number of rotatable bonds is 9. The first kappa shape index (κ1) is 20.3. The molecule has 0 fully saturated rings. The van der Waals surface area contributed by atoms with E-state index >= 15 is 0 Å². The predicted molar refractivity (Wildman–Crippen MR) is 110 cm³/mol. The Bertz CT molecular complexity index is 833. The van der Waals surface area contributed by atoms with E-state index in [1.807, 2.05) is 24.3 Å². The van der Waals surface area contributed by atoms with Crippen LogP contribution in [0.1, 0.15) is 43.0 Å². The molecule has 2 heterocycles. The third-order valence-corrected chi connectivity index (χ3v) is 5.55. The van der Waals surface area contributed by atoms with Crippen molar-refractivity contribution in [2.45, 2.75) is 50.8 Å². The van der Waals surface area contributed by atoms with Gasteiger partial charge in [-0.3, -0.25) is 9.59 Å². The zero-order valence-electron chi connectivity index (χ0n) is 16.3. The normalized spacial score (nSPS) is 12.5. The Morgan fingerprint density at radius 1 is 1.21 bits per heavy atom. The lowest BCUT2D eigenvalue weighted by Gasteiger charge is -2.11. The van der Waals surface area contributed by atoms with E-state index < -0.39 is 0 Å². The smallest absolute Gasteiger partial charge is 0.242 e. The average Bonchev–Trinajstić information content (AvgIpc) is 3.28. The van der Waals surface area contributed by atoms with Crippen LogP contribution in [0.5, 0.6) is 5.75 Å². The Morgan fingerprint density at radius 3 is 2.71 bits per heavy atom. The molecule has 0 unspecified atom stereocenters. The molecular formula is C20H26N4O3S. The van der Waals surface area contributed by atoms with Gasteiger partial charge in [0.25, 0.3) is 0 Å². The third-order valence-electron chi connectivity index (χ3n) is 4.58. The first-order valence-corrected chi connectivity index (χ1v) is 10.6. The number of nitrogens with one attached hydrogen (secondary N) is 2. The van der Waals surface area contributed by atoms with Gasteiger partial charge in [0, 0.05) is 30.0 Å². The largest absolute Gasteiger partial charge is 0.497 e. The molecule has 1 aliphatic rings. The van der Waals surface area contributed by atoms with Gasteiger partial charge < -0.3 is 15.4 Å². The molecule has 3 rings (SSSR count). The van der Waals surface area contributed by atoms with E-state index in [1.54, 1.807) is 23.6 Å². The van der Waals surface area contributed by atoms with Crippen LogP contribution in [0.3, 0.4) is 0 Å². The summed E-state index contributed by atoms with van der Waals surface area (Å²) in [5, 5.41) is 10.4. The molecule has 2 N–H and O–H groups in total. The second kappa shape index (κ2) is 9.64. The zero-order chi connectivity index (χ0) is 19.9. The van der Waals surface area contributed by atoms with E-state index in [1.165, 1.54) is 0 Å². The van der Waals surface area contributed by atoms with Crippen LogP contribution in [0.25, 0.3) is 0 Å². The number of hydrogen-bond acceptors (Lipinski definition) is 5. The Balaban J connectivity index is 1.62. The van der Waals surface area contributed by atoms with Gasteiger partial charge in [-0.25, -0.2) is 4.68 Å². The average molecular weight is 403 g/mol. The van der Waals surface area contributed by atoms with Crippen LogP contribution in [-0.4, -0.2) is 28.7 Å². The molecular weight excluding hydrogens is 376 g/mol. The number of unbranched alkanes of at least 4 members (excludes halogenated alkanes) is 1. The Morgan fingerprint density at radius 2 is 2.00 bits per heavy atom. The van der Waals surface area contributed by atoms with Crippen molar-refractivity contribution in [1.29, 1.82) is 0 Å². The first-order chi connectivity index (χ1) is 13.6. The summed E-state index contributed by atoms with van der Waals surface area (Å²) in [7, 11) is 1.62. The number of fused-ring (bicyclic) bond motifs is 1. The summed E-state index contributed by atoms with van der Waals surface area (Å²) in [6.07, 6.45) is 2.29. The van der Waals surface area contributed by atoms with Crippen LogP contribution >= 0.6 is 11.8 Å². The molecule has 0 bridgehead atoms. The Hall–Kier alpha value is -2.48. The highest BCUT2D eigenvalue weighted by atomic mass is 32.2. The van der Waals surface area contributed by atoms with Crippen molar-refractivity contribution in [3.05, 3.63) is 41.1 Å². The molecule has 1 aromatic carbocycles. The molecule has 7 nitrogen and oxygen atoms in total. The third kappa shape index (κ3) is 5.07. The number of thioether (sulfide) groups is 1. The number of carbonyl (C=O) groups excluding carboxylic acids is 2. The maximum atomic E-state index is 12.4. The minimum Gasteiger partial charge on any atom is -0.497 e. The van der Waals surface area contributed by atoms with Crippen molar-refractivity contribution in [1.82, 2.24) is 15.1 Å². The number of methoxy groups -OCH3 is 1. The minimum atomic E-state index is -0.145. The molecule has 150 valence electrons. The maximum absolute atomic E-state index is 12.4. The van der Waals surface area contributed by atoms with E-state index in [4.69, 9.17) is 4.74 Å². The van der Waals surface area contributed by atoms with Crippen LogP contribution in [-0.2, 0) is 34.2 Å². The monoisotopic (exact) mass is 402 g/mol. The summed E-state index contributed by atoms with van der Waals surface area (Å²) in [5.41, 5.74) is 2.98. The van der Waals surface area contributed by atoms with Crippen LogP contribution in [0, 0.1) is 0 Å². The van der Waals surface area contributed by atoms with Gasteiger partial charge in [0.15, 0.2) is 0 Å². The molecule has 0 saturated carbocycles. The van der Waals surface area contributed by atoms with Crippen molar-refractivity contribution in [2.75, 3.05) is 12.4 Å². The molecule has 28 heavy (non-hydrogen) atoms. The summed E-state index contributed by atoms with van der Waals surface area (Å²) in [6.45, 7) is 2.56. The number of anilines is 1. The SMILES string of the molecule is CCCCC(=O)Nc1c2c(nn1CC(=O)NCc1ccc(OC)cc1)CSC2. The lowest BCUT2D eigenvalue weighted by atomic mass is 10.2. The summed E-state index contributed by atoms with van der Waals surface area (Å²) in [5.74, 6) is 2.90. The van der Waals surface area contributed by atoms with Gasteiger partial charge in [0.1, 0.15) is 18.1 Å². The van der Waals surface area contributed by atoms with Crippen LogP contribution in [0.4, 0.5) is 5.82 Å². The van der Waals surface area contributed by atoms with Crippen LogP contribution in [0.15, 0.2) is 24.3 Å². The molecule has 2 amide bonds. The van der Waals surface area contributed by atoms with Crippen molar-refractivity contribution < 1.29 is 14.3 Å². The number of carbonyl (C=O) groups is 2. The first-order valence-electron chi connectivity index (χ1n) is 9.46.